The van der Waals surface area contributed by atoms with Crippen molar-refractivity contribution in [1.82, 2.24) is 9.55 Å². The molecule has 0 saturated carbocycles. The van der Waals surface area contributed by atoms with Crippen LogP contribution in [0.4, 0.5) is 5.69 Å². The Hall–Kier alpha value is -4.06. The molecule has 0 N–H and O–H groups in total. The van der Waals surface area contributed by atoms with Crippen molar-refractivity contribution in [1.29, 1.82) is 0 Å². The second-order valence-corrected chi connectivity index (χ2v) is 9.82. The summed E-state index contributed by atoms with van der Waals surface area (Å²) in [6.07, 6.45) is 6.35. The Labute approximate surface area is 224 Å². The molecule has 1 saturated heterocycles. The minimum absolute atomic E-state index is 0.0624. The summed E-state index contributed by atoms with van der Waals surface area (Å²) in [5.41, 5.74) is 5.32. The number of carbonyl (C=O) groups excluding carboxylic acids is 1. The maximum absolute atomic E-state index is 13.0. The van der Waals surface area contributed by atoms with Crippen LogP contribution in [0.5, 0.6) is 11.5 Å². The smallest absolute Gasteiger partial charge is 0.227 e. The van der Waals surface area contributed by atoms with Crippen LogP contribution in [0.25, 0.3) is 17.1 Å². The summed E-state index contributed by atoms with van der Waals surface area (Å²) in [7, 11) is 1.67. The number of hydrogen-bond acceptors (Lipinski definition) is 4. The van der Waals surface area contributed by atoms with Crippen LogP contribution in [0.2, 0.25) is 0 Å². The van der Waals surface area contributed by atoms with Gasteiger partial charge in [0, 0.05) is 31.1 Å². The molecule has 6 heteroatoms. The summed E-state index contributed by atoms with van der Waals surface area (Å²) in [5.74, 6) is 2.71. The minimum atomic E-state index is 0.0624. The van der Waals surface area contributed by atoms with Gasteiger partial charge in [0.05, 0.1) is 24.8 Å². The number of amides is 1. The number of para-hydroxylation sites is 2. The van der Waals surface area contributed by atoms with E-state index in [1.54, 1.807) is 7.11 Å². The monoisotopic (exact) mass is 509 g/mol. The highest BCUT2D eigenvalue weighted by Crippen LogP contribution is 2.34. The number of unbranched alkanes of at least 4 members (excludes halogenated alkanes) is 1. The number of anilines is 1. The number of benzene rings is 3. The maximum Gasteiger partial charge on any atom is 0.227 e. The van der Waals surface area contributed by atoms with Crippen molar-refractivity contribution in [2.75, 3.05) is 25.2 Å². The second kappa shape index (κ2) is 11.5. The van der Waals surface area contributed by atoms with Gasteiger partial charge < -0.3 is 18.9 Å². The van der Waals surface area contributed by atoms with Crippen LogP contribution in [0.3, 0.4) is 0 Å². The van der Waals surface area contributed by atoms with Crippen molar-refractivity contribution in [3.05, 3.63) is 89.8 Å². The van der Waals surface area contributed by atoms with E-state index in [2.05, 4.69) is 41.8 Å². The van der Waals surface area contributed by atoms with E-state index in [1.807, 2.05) is 60.4 Å². The number of ether oxygens (including phenoxy) is 2. The first kappa shape index (κ1) is 25.6. The molecule has 1 aromatic heterocycles. The fourth-order valence-electron chi connectivity index (χ4n) is 5.15. The number of aryl methyl sites for hydroxylation is 2. The predicted molar refractivity (Wildman–Crippen MR) is 153 cm³/mol. The third kappa shape index (κ3) is 5.44. The van der Waals surface area contributed by atoms with Gasteiger partial charge in [0.2, 0.25) is 5.91 Å². The van der Waals surface area contributed by atoms with Crippen molar-refractivity contribution in [2.45, 2.75) is 45.6 Å². The van der Waals surface area contributed by atoms with Gasteiger partial charge in [-0.3, -0.25) is 4.79 Å². The maximum atomic E-state index is 13.0. The third-order valence-electron chi connectivity index (χ3n) is 7.10. The first-order valence-corrected chi connectivity index (χ1v) is 13.3. The molecule has 5 rings (SSSR count). The van der Waals surface area contributed by atoms with Gasteiger partial charge in [-0.1, -0.05) is 48.0 Å². The average Bonchev–Trinajstić information content (AvgIpc) is 3.50. The molecule has 0 bridgehead atoms. The summed E-state index contributed by atoms with van der Waals surface area (Å²) >= 11 is 0. The van der Waals surface area contributed by atoms with E-state index < -0.39 is 0 Å². The summed E-state index contributed by atoms with van der Waals surface area (Å²) in [6, 6.07) is 22.4. The lowest BCUT2D eigenvalue weighted by atomic mass is 10.1. The first-order chi connectivity index (χ1) is 18.6. The van der Waals surface area contributed by atoms with Crippen molar-refractivity contribution >= 4 is 28.7 Å². The number of aromatic nitrogens is 2. The SMILES string of the molecule is C/C=C/c1ccc(OCCCCn2c(C3CC(=O)N(c4ccc(C)cc4)C3)nc3ccccc32)c(OC)c1. The predicted octanol–water partition coefficient (Wildman–Crippen LogP) is 6.77. The van der Waals surface area contributed by atoms with Gasteiger partial charge in [-0.25, -0.2) is 4.98 Å². The summed E-state index contributed by atoms with van der Waals surface area (Å²) < 4.78 is 13.9. The number of carbonyl (C=O) groups is 1. The van der Waals surface area contributed by atoms with Gasteiger partial charge in [0.25, 0.3) is 0 Å². The van der Waals surface area contributed by atoms with Gasteiger partial charge in [-0.2, -0.15) is 0 Å². The average molecular weight is 510 g/mol. The molecule has 1 aliphatic heterocycles. The number of allylic oxidation sites excluding steroid dienone is 1. The third-order valence-corrected chi connectivity index (χ3v) is 7.10. The summed E-state index contributed by atoms with van der Waals surface area (Å²) in [4.78, 5) is 19.9. The summed E-state index contributed by atoms with van der Waals surface area (Å²) in [5, 5.41) is 0. The van der Waals surface area contributed by atoms with Crippen LogP contribution in [-0.2, 0) is 11.3 Å². The van der Waals surface area contributed by atoms with E-state index in [9.17, 15) is 4.79 Å². The van der Waals surface area contributed by atoms with E-state index in [4.69, 9.17) is 14.5 Å². The Bertz CT molecular complexity index is 1440. The van der Waals surface area contributed by atoms with Gasteiger partial charge in [0.15, 0.2) is 11.5 Å². The van der Waals surface area contributed by atoms with E-state index >= 15 is 0 Å². The van der Waals surface area contributed by atoms with Gasteiger partial charge in [0.1, 0.15) is 5.82 Å². The van der Waals surface area contributed by atoms with E-state index in [0.717, 1.165) is 59.0 Å². The molecular formula is C32H35N3O3. The van der Waals surface area contributed by atoms with Gasteiger partial charge >= 0.3 is 0 Å². The molecule has 3 aromatic carbocycles. The van der Waals surface area contributed by atoms with Crippen molar-refractivity contribution in [3.8, 4) is 11.5 Å². The number of rotatable bonds is 10. The molecule has 4 aromatic rings. The molecule has 1 fully saturated rings. The molecule has 0 radical (unpaired) electrons. The van der Waals surface area contributed by atoms with Crippen LogP contribution in [0.1, 0.15) is 49.1 Å². The Balaban J connectivity index is 1.26. The Morgan fingerprint density at radius 1 is 1.03 bits per heavy atom. The normalized spacial score (nSPS) is 15.6. The lowest BCUT2D eigenvalue weighted by molar-refractivity contribution is -0.117. The Morgan fingerprint density at radius 2 is 1.84 bits per heavy atom. The number of imidazole rings is 1. The first-order valence-electron chi connectivity index (χ1n) is 13.3. The molecule has 0 spiro atoms. The van der Waals surface area contributed by atoms with Crippen LogP contribution < -0.4 is 14.4 Å². The Kier molecular flexibility index (Phi) is 7.78. The molecule has 2 heterocycles. The van der Waals surface area contributed by atoms with Crippen LogP contribution in [0, 0.1) is 6.92 Å². The largest absolute Gasteiger partial charge is 0.493 e. The molecule has 38 heavy (non-hydrogen) atoms. The number of hydrogen-bond donors (Lipinski definition) is 0. The zero-order valence-corrected chi connectivity index (χ0v) is 22.4. The topological polar surface area (TPSA) is 56.6 Å². The van der Waals surface area contributed by atoms with Crippen molar-refractivity contribution in [2.24, 2.45) is 0 Å². The van der Waals surface area contributed by atoms with Crippen LogP contribution >= 0.6 is 0 Å². The van der Waals surface area contributed by atoms with Crippen LogP contribution in [0.15, 0.2) is 72.8 Å². The fourth-order valence-corrected chi connectivity index (χ4v) is 5.15. The number of methoxy groups -OCH3 is 1. The fraction of sp³-hybridized carbons (Fsp3) is 0.312. The lowest BCUT2D eigenvalue weighted by Crippen LogP contribution is -2.24. The molecule has 1 aliphatic rings. The molecule has 196 valence electrons. The van der Waals surface area contributed by atoms with Gasteiger partial charge in [-0.15, -0.1) is 0 Å². The molecule has 1 unspecified atom stereocenters. The molecule has 1 atom stereocenters. The van der Waals surface area contributed by atoms with Crippen LogP contribution in [-0.4, -0.2) is 35.7 Å². The second-order valence-electron chi connectivity index (χ2n) is 9.82. The minimum Gasteiger partial charge on any atom is -0.493 e. The molecular weight excluding hydrogens is 474 g/mol. The quantitative estimate of drug-likeness (QED) is 0.222. The van der Waals surface area contributed by atoms with E-state index in [-0.39, 0.29) is 11.8 Å². The highest BCUT2D eigenvalue weighted by atomic mass is 16.5. The Morgan fingerprint density at radius 3 is 2.63 bits per heavy atom. The van der Waals surface area contributed by atoms with E-state index in [1.165, 1.54) is 5.56 Å². The standard InChI is InChI=1S/C32H35N3O3/c1-4-9-24-14-17-29(30(20-24)37-3)38-19-8-7-18-34-28-11-6-5-10-27(28)33-32(34)25-21-31(36)35(22-25)26-15-12-23(2)13-16-26/h4-6,9-17,20,25H,7-8,18-19,21-22H2,1-3H3/b9-4+. The zero-order valence-electron chi connectivity index (χ0n) is 22.4. The van der Waals surface area contributed by atoms with E-state index in [0.29, 0.717) is 19.6 Å². The summed E-state index contributed by atoms with van der Waals surface area (Å²) in [6.45, 7) is 6.13. The number of fused-ring (bicyclic) bond motifs is 1. The highest BCUT2D eigenvalue weighted by Gasteiger charge is 2.34. The number of nitrogens with zero attached hydrogens (tertiary/aromatic N) is 3. The van der Waals surface area contributed by atoms with Gasteiger partial charge in [-0.05, 0) is 68.7 Å². The molecule has 6 nitrogen and oxygen atoms in total. The molecule has 0 aliphatic carbocycles. The molecule has 1 amide bonds. The van der Waals surface area contributed by atoms with Crippen molar-refractivity contribution < 1.29 is 14.3 Å². The zero-order chi connectivity index (χ0) is 26.5. The lowest BCUT2D eigenvalue weighted by Gasteiger charge is -2.18. The van der Waals surface area contributed by atoms with Crippen molar-refractivity contribution in [3.63, 3.8) is 0 Å². The highest BCUT2D eigenvalue weighted by molar-refractivity contribution is 5.96.